The predicted octanol–water partition coefficient (Wildman–Crippen LogP) is 2.53. The standard InChI is InChI=1S/C17H30N2O3/c1-6-19(7-2)12-8-11-18-13-14-9-10-15(20-3)17(22-5)16(14)21-4/h9-10,18H,6-8,11-13H2,1-5H3. The molecule has 1 aromatic carbocycles. The summed E-state index contributed by atoms with van der Waals surface area (Å²) in [4.78, 5) is 2.43. The molecule has 1 aromatic rings. The minimum Gasteiger partial charge on any atom is -0.493 e. The van der Waals surface area contributed by atoms with Crippen molar-refractivity contribution in [3.8, 4) is 17.2 Å². The van der Waals surface area contributed by atoms with Gasteiger partial charge >= 0.3 is 0 Å². The Labute approximate surface area is 134 Å². The van der Waals surface area contributed by atoms with Crippen LogP contribution in [0, 0.1) is 0 Å². The Morgan fingerprint density at radius 2 is 1.64 bits per heavy atom. The second-order valence-corrected chi connectivity index (χ2v) is 5.05. The van der Waals surface area contributed by atoms with E-state index in [1.165, 1.54) is 0 Å². The summed E-state index contributed by atoms with van der Waals surface area (Å²) in [5, 5.41) is 3.47. The highest BCUT2D eigenvalue weighted by Crippen LogP contribution is 2.39. The van der Waals surface area contributed by atoms with E-state index >= 15 is 0 Å². The first-order valence-corrected chi connectivity index (χ1v) is 7.92. The van der Waals surface area contributed by atoms with E-state index in [4.69, 9.17) is 14.2 Å². The number of ether oxygens (including phenoxy) is 3. The van der Waals surface area contributed by atoms with Gasteiger partial charge < -0.3 is 24.4 Å². The molecule has 0 aromatic heterocycles. The van der Waals surface area contributed by atoms with Crippen LogP contribution in [0.2, 0.25) is 0 Å². The monoisotopic (exact) mass is 310 g/mol. The van der Waals surface area contributed by atoms with E-state index in [9.17, 15) is 0 Å². The summed E-state index contributed by atoms with van der Waals surface area (Å²) in [6.07, 6.45) is 1.14. The van der Waals surface area contributed by atoms with Gasteiger partial charge in [0.1, 0.15) is 0 Å². The number of benzene rings is 1. The fourth-order valence-electron chi connectivity index (χ4n) is 2.49. The lowest BCUT2D eigenvalue weighted by molar-refractivity contribution is 0.297. The molecule has 0 heterocycles. The maximum atomic E-state index is 5.49. The van der Waals surface area contributed by atoms with Crippen molar-refractivity contribution >= 4 is 0 Å². The quantitative estimate of drug-likeness (QED) is 0.636. The molecule has 0 aliphatic rings. The fourth-order valence-corrected chi connectivity index (χ4v) is 2.49. The third-order valence-electron chi connectivity index (χ3n) is 3.82. The topological polar surface area (TPSA) is 43.0 Å². The van der Waals surface area contributed by atoms with E-state index in [1.807, 2.05) is 12.1 Å². The summed E-state index contributed by atoms with van der Waals surface area (Å²) < 4.78 is 16.2. The summed E-state index contributed by atoms with van der Waals surface area (Å²) in [6.45, 7) is 9.48. The molecule has 1 rings (SSSR count). The molecule has 0 radical (unpaired) electrons. The van der Waals surface area contributed by atoms with Crippen molar-refractivity contribution in [1.82, 2.24) is 10.2 Å². The van der Waals surface area contributed by atoms with Crippen LogP contribution in [0.15, 0.2) is 12.1 Å². The van der Waals surface area contributed by atoms with Crippen molar-refractivity contribution in [2.45, 2.75) is 26.8 Å². The molecule has 0 saturated heterocycles. The third-order valence-corrected chi connectivity index (χ3v) is 3.82. The highest BCUT2D eigenvalue weighted by molar-refractivity contribution is 5.55. The van der Waals surface area contributed by atoms with Gasteiger partial charge in [0, 0.05) is 12.1 Å². The molecule has 0 aliphatic heterocycles. The van der Waals surface area contributed by atoms with Crippen LogP contribution in [0.4, 0.5) is 0 Å². The zero-order valence-electron chi connectivity index (χ0n) is 14.6. The largest absolute Gasteiger partial charge is 0.493 e. The Morgan fingerprint density at radius 1 is 0.955 bits per heavy atom. The number of hydrogen-bond donors (Lipinski definition) is 1. The molecule has 5 nitrogen and oxygen atoms in total. The van der Waals surface area contributed by atoms with Crippen LogP contribution in [-0.4, -0.2) is 52.4 Å². The Morgan fingerprint density at radius 3 is 2.18 bits per heavy atom. The van der Waals surface area contributed by atoms with Crippen LogP contribution in [-0.2, 0) is 6.54 Å². The van der Waals surface area contributed by atoms with E-state index in [0.29, 0.717) is 11.5 Å². The van der Waals surface area contributed by atoms with Gasteiger partial charge in [-0.3, -0.25) is 0 Å². The Bertz CT molecular complexity index is 434. The molecule has 0 bridgehead atoms. The van der Waals surface area contributed by atoms with Gasteiger partial charge in [0.15, 0.2) is 11.5 Å². The molecule has 1 N–H and O–H groups in total. The van der Waals surface area contributed by atoms with E-state index in [2.05, 4.69) is 24.1 Å². The summed E-state index contributed by atoms with van der Waals surface area (Å²) in [6, 6.07) is 3.92. The number of nitrogens with one attached hydrogen (secondary N) is 1. The van der Waals surface area contributed by atoms with Gasteiger partial charge in [0.2, 0.25) is 5.75 Å². The molecule has 0 atom stereocenters. The van der Waals surface area contributed by atoms with Crippen molar-refractivity contribution in [2.24, 2.45) is 0 Å². The average molecular weight is 310 g/mol. The van der Waals surface area contributed by atoms with Gasteiger partial charge in [0.05, 0.1) is 21.3 Å². The van der Waals surface area contributed by atoms with Crippen molar-refractivity contribution in [3.05, 3.63) is 17.7 Å². The zero-order chi connectivity index (χ0) is 16.4. The predicted molar refractivity (Wildman–Crippen MR) is 90.2 cm³/mol. The zero-order valence-corrected chi connectivity index (χ0v) is 14.6. The molecular weight excluding hydrogens is 280 g/mol. The first-order valence-electron chi connectivity index (χ1n) is 7.92. The Kier molecular flexibility index (Phi) is 8.70. The van der Waals surface area contributed by atoms with Gasteiger partial charge in [-0.2, -0.15) is 0 Å². The molecule has 22 heavy (non-hydrogen) atoms. The van der Waals surface area contributed by atoms with Crippen LogP contribution in [0.3, 0.4) is 0 Å². The number of nitrogens with zero attached hydrogens (tertiary/aromatic N) is 1. The fraction of sp³-hybridized carbons (Fsp3) is 0.647. The molecule has 5 heteroatoms. The van der Waals surface area contributed by atoms with Crippen LogP contribution < -0.4 is 19.5 Å². The summed E-state index contributed by atoms with van der Waals surface area (Å²) in [5.74, 6) is 2.06. The highest BCUT2D eigenvalue weighted by Gasteiger charge is 2.15. The molecule has 0 fully saturated rings. The molecular formula is C17H30N2O3. The maximum absolute atomic E-state index is 5.49. The SMILES string of the molecule is CCN(CC)CCCNCc1ccc(OC)c(OC)c1OC. The third kappa shape index (κ3) is 5.07. The van der Waals surface area contributed by atoms with Gasteiger partial charge in [-0.15, -0.1) is 0 Å². The van der Waals surface area contributed by atoms with Gasteiger partial charge in [-0.25, -0.2) is 0 Å². The average Bonchev–Trinajstić information content (AvgIpc) is 2.57. The smallest absolute Gasteiger partial charge is 0.203 e. The maximum Gasteiger partial charge on any atom is 0.203 e. The molecule has 0 amide bonds. The summed E-state index contributed by atoms with van der Waals surface area (Å²) >= 11 is 0. The van der Waals surface area contributed by atoms with Crippen LogP contribution in [0.5, 0.6) is 17.2 Å². The van der Waals surface area contributed by atoms with Crippen molar-refractivity contribution in [3.63, 3.8) is 0 Å². The Balaban J connectivity index is 2.55. The normalized spacial score (nSPS) is 10.8. The van der Waals surface area contributed by atoms with Gasteiger partial charge in [0.25, 0.3) is 0 Å². The minimum atomic E-state index is 0.646. The summed E-state index contributed by atoms with van der Waals surface area (Å²) in [7, 11) is 4.91. The highest BCUT2D eigenvalue weighted by atomic mass is 16.5. The lowest BCUT2D eigenvalue weighted by Crippen LogP contribution is -2.27. The van der Waals surface area contributed by atoms with E-state index in [1.54, 1.807) is 21.3 Å². The van der Waals surface area contributed by atoms with Gasteiger partial charge in [-0.1, -0.05) is 19.9 Å². The first kappa shape index (κ1) is 18.6. The van der Waals surface area contributed by atoms with Gasteiger partial charge in [-0.05, 0) is 38.7 Å². The molecule has 0 unspecified atom stereocenters. The van der Waals surface area contributed by atoms with E-state index in [0.717, 1.165) is 50.5 Å². The number of hydrogen-bond acceptors (Lipinski definition) is 5. The summed E-state index contributed by atoms with van der Waals surface area (Å²) in [5.41, 5.74) is 1.07. The molecule has 0 saturated carbocycles. The second-order valence-electron chi connectivity index (χ2n) is 5.05. The van der Waals surface area contributed by atoms with Crippen molar-refractivity contribution < 1.29 is 14.2 Å². The number of rotatable bonds is 11. The first-order chi connectivity index (χ1) is 10.7. The van der Waals surface area contributed by atoms with Crippen molar-refractivity contribution in [1.29, 1.82) is 0 Å². The molecule has 126 valence electrons. The van der Waals surface area contributed by atoms with Crippen molar-refractivity contribution in [2.75, 3.05) is 47.5 Å². The molecule has 0 aliphatic carbocycles. The minimum absolute atomic E-state index is 0.646. The Hall–Kier alpha value is -1.46. The molecule has 0 spiro atoms. The van der Waals surface area contributed by atoms with Crippen LogP contribution in [0.1, 0.15) is 25.8 Å². The van der Waals surface area contributed by atoms with E-state index in [-0.39, 0.29) is 0 Å². The van der Waals surface area contributed by atoms with E-state index < -0.39 is 0 Å². The number of methoxy groups -OCH3 is 3. The lowest BCUT2D eigenvalue weighted by atomic mass is 10.1. The van der Waals surface area contributed by atoms with Crippen LogP contribution >= 0.6 is 0 Å². The second kappa shape index (κ2) is 10.3. The van der Waals surface area contributed by atoms with Crippen LogP contribution in [0.25, 0.3) is 0 Å². The lowest BCUT2D eigenvalue weighted by Gasteiger charge is -2.18.